The Bertz CT molecular complexity index is 992. The van der Waals surface area contributed by atoms with E-state index in [4.69, 9.17) is 32.8 Å². The van der Waals surface area contributed by atoms with Gasteiger partial charge in [-0.25, -0.2) is 9.78 Å². The summed E-state index contributed by atoms with van der Waals surface area (Å²) in [5, 5.41) is 9.49. The number of thiazole rings is 1. The molecule has 1 aliphatic rings. The molecule has 1 fully saturated rings. The van der Waals surface area contributed by atoms with Crippen molar-refractivity contribution in [1.29, 1.82) is 0 Å². The van der Waals surface area contributed by atoms with Gasteiger partial charge < -0.3 is 19.8 Å². The van der Waals surface area contributed by atoms with Crippen molar-refractivity contribution in [2.45, 2.75) is 6.92 Å². The van der Waals surface area contributed by atoms with Crippen LogP contribution < -0.4 is 10.2 Å². The van der Waals surface area contributed by atoms with Crippen LogP contribution in [-0.2, 0) is 19.2 Å². The van der Waals surface area contributed by atoms with Crippen LogP contribution in [0.1, 0.15) is 12.6 Å². The van der Waals surface area contributed by atoms with E-state index in [0.29, 0.717) is 28.3 Å². The third-order valence-corrected chi connectivity index (χ3v) is 6.22. The molecule has 0 bridgehead atoms. The number of hydrogen-bond acceptors (Lipinski definition) is 9. The van der Waals surface area contributed by atoms with Crippen LogP contribution in [0.2, 0.25) is 10.0 Å². The van der Waals surface area contributed by atoms with Gasteiger partial charge in [0, 0.05) is 31.6 Å². The molecule has 172 valence electrons. The molecule has 0 spiro atoms. The molecule has 1 aromatic heterocycles. The molecule has 0 radical (unpaired) electrons. The molecule has 2 aromatic rings. The van der Waals surface area contributed by atoms with Crippen molar-refractivity contribution in [2.75, 3.05) is 56.7 Å². The van der Waals surface area contributed by atoms with Gasteiger partial charge in [-0.05, 0) is 19.1 Å². The van der Waals surface area contributed by atoms with E-state index in [9.17, 15) is 9.59 Å². The number of nitrogens with zero attached hydrogens (tertiary/aromatic N) is 4. The maximum Gasteiger partial charge on any atom is 0.362 e. The molecule has 1 saturated heterocycles. The fourth-order valence-electron chi connectivity index (χ4n) is 3.16. The molecule has 1 N–H and O–H groups in total. The molecule has 0 unspecified atom stereocenters. The first-order valence-electron chi connectivity index (χ1n) is 9.88. The average molecular weight is 500 g/mol. The Hall–Kier alpha value is -2.40. The maximum absolute atomic E-state index is 12.5. The van der Waals surface area contributed by atoms with Crippen molar-refractivity contribution in [2.24, 2.45) is 5.16 Å². The predicted molar refractivity (Wildman–Crippen MR) is 126 cm³/mol. The van der Waals surface area contributed by atoms with E-state index >= 15 is 0 Å². The quantitative estimate of drug-likeness (QED) is 0.338. The summed E-state index contributed by atoms with van der Waals surface area (Å²) < 4.78 is 4.96. The van der Waals surface area contributed by atoms with Gasteiger partial charge in [-0.3, -0.25) is 9.69 Å². The van der Waals surface area contributed by atoms with E-state index in [1.165, 1.54) is 18.4 Å². The van der Waals surface area contributed by atoms with Crippen LogP contribution >= 0.6 is 34.5 Å². The van der Waals surface area contributed by atoms with E-state index in [1.54, 1.807) is 18.4 Å². The number of halogens is 2. The van der Waals surface area contributed by atoms with Gasteiger partial charge in [-0.1, -0.05) is 34.4 Å². The van der Waals surface area contributed by atoms with Gasteiger partial charge >= 0.3 is 5.97 Å². The van der Waals surface area contributed by atoms with Gasteiger partial charge in [0.15, 0.2) is 5.13 Å². The number of nitrogens with one attached hydrogen (secondary N) is 1. The van der Waals surface area contributed by atoms with Gasteiger partial charge in [-0.15, -0.1) is 11.3 Å². The lowest BCUT2D eigenvalue weighted by atomic mass is 10.2. The number of carbonyl (C=O) groups excluding carboxylic acids is 2. The van der Waals surface area contributed by atoms with Crippen LogP contribution in [0.4, 0.5) is 10.8 Å². The summed E-state index contributed by atoms with van der Waals surface area (Å²) in [5.74, 6) is -0.836. The van der Waals surface area contributed by atoms with E-state index in [1.807, 2.05) is 12.1 Å². The lowest BCUT2D eigenvalue weighted by Gasteiger charge is -2.36. The highest BCUT2D eigenvalue weighted by molar-refractivity contribution is 7.14. The molecule has 2 heterocycles. The minimum Gasteiger partial charge on any atom is -0.461 e. The van der Waals surface area contributed by atoms with Crippen molar-refractivity contribution in [3.8, 4) is 0 Å². The highest BCUT2D eigenvalue weighted by Gasteiger charge is 2.23. The topological polar surface area (TPSA) is 96.4 Å². The first-order valence-corrected chi connectivity index (χ1v) is 11.5. The molecule has 1 amide bonds. The summed E-state index contributed by atoms with van der Waals surface area (Å²) in [6.07, 6.45) is 0. The third-order valence-electron chi connectivity index (χ3n) is 4.66. The van der Waals surface area contributed by atoms with Crippen molar-refractivity contribution < 1.29 is 19.2 Å². The molecular weight excluding hydrogens is 477 g/mol. The Balaban J connectivity index is 1.53. The molecule has 0 aliphatic carbocycles. The Morgan fingerprint density at radius 1 is 1.25 bits per heavy atom. The lowest BCUT2D eigenvalue weighted by molar-refractivity contribution is -0.135. The van der Waals surface area contributed by atoms with Crippen molar-refractivity contribution in [1.82, 2.24) is 9.88 Å². The lowest BCUT2D eigenvalue weighted by Crippen LogP contribution is -2.48. The molecule has 0 saturated carbocycles. The van der Waals surface area contributed by atoms with Crippen molar-refractivity contribution in [3.05, 3.63) is 39.3 Å². The number of anilines is 2. The number of oxime groups is 1. The molecule has 1 aliphatic heterocycles. The first-order chi connectivity index (χ1) is 15.4. The van der Waals surface area contributed by atoms with Crippen molar-refractivity contribution >= 4 is 62.9 Å². The number of benzene rings is 1. The molecular formula is C20H23Cl2N5O4S. The SMILES string of the molecule is CCOC(=O)/C(=N\OC)c1csc(NC(=O)CN2CCN(c3cccc(Cl)c3Cl)CC2)n1. The number of aromatic nitrogens is 1. The molecule has 3 rings (SSSR count). The Morgan fingerprint density at radius 2 is 2.00 bits per heavy atom. The van der Waals surface area contributed by atoms with Crippen molar-refractivity contribution in [3.63, 3.8) is 0 Å². The summed E-state index contributed by atoms with van der Waals surface area (Å²) in [7, 11) is 1.33. The number of hydrogen-bond donors (Lipinski definition) is 1. The number of carbonyl (C=O) groups is 2. The van der Waals surface area contributed by atoms with E-state index in [0.717, 1.165) is 18.8 Å². The summed E-state index contributed by atoms with van der Waals surface area (Å²) in [5.41, 5.74) is 1.12. The van der Waals surface area contributed by atoms with Gasteiger partial charge in [0.25, 0.3) is 0 Å². The van der Waals surface area contributed by atoms with Crippen LogP contribution in [0.3, 0.4) is 0 Å². The van der Waals surface area contributed by atoms with Crippen LogP contribution in [0.5, 0.6) is 0 Å². The number of esters is 1. The molecule has 9 nitrogen and oxygen atoms in total. The fraction of sp³-hybridized carbons (Fsp3) is 0.400. The van der Waals surface area contributed by atoms with E-state index in [-0.39, 0.29) is 30.5 Å². The van der Waals surface area contributed by atoms with Gasteiger partial charge in [0.05, 0.1) is 28.9 Å². The van der Waals surface area contributed by atoms with Crippen LogP contribution in [0.15, 0.2) is 28.7 Å². The second kappa shape index (κ2) is 11.5. The van der Waals surface area contributed by atoms with E-state index < -0.39 is 5.97 Å². The smallest absolute Gasteiger partial charge is 0.362 e. The second-order valence-electron chi connectivity index (χ2n) is 6.77. The normalized spacial score (nSPS) is 14.9. The Morgan fingerprint density at radius 3 is 2.69 bits per heavy atom. The zero-order chi connectivity index (χ0) is 23.1. The van der Waals surface area contributed by atoms with Gasteiger partial charge in [0.2, 0.25) is 11.6 Å². The van der Waals surface area contributed by atoms with Gasteiger partial charge in [0.1, 0.15) is 12.8 Å². The number of amides is 1. The fourth-order valence-corrected chi connectivity index (χ4v) is 4.29. The van der Waals surface area contributed by atoms with E-state index in [2.05, 4.69) is 25.3 Å². The molecule has 32 heavy (non-hydrogen) atoms. The first kappa shape index (κ1) is 24.2. The summed E-state index contributed by atoms with van der Waals surface area (Å²) in [6, 6.07) is 5.57. The molecule has 12 heteroatoms. The minimum absolute atomic E-state index is 0.0538. The summed E-state index contributed by atoms with van der Waals surface area (Å²) >= 11 is 13.6. The van der Waals surface area contributed by atoms with Gasteiger partial charge in [-0.2, -0.15) is 0 Å². The molecule has 1 aromatic carbocycles. The largest absolute Gasteiger partial charge is 0.461 e. The third kappa shape index (κ3) is 6.10. The average Bonchev–Trinajstić information content (AvgIpc) is 3.22. The zero-order valence-electron chi connectivity index (χ0n) is 17.6. The standard InChI is InChI=1S/C20H23Cl2N5O4S/c1-3-31-19(29)18(25-30-2)14-12-32-20(23-14)24-16(28)11-26-7-9-27(10-8-26)15-6-4-5-13(21)17(15)22/h4-6,12H,3,7-11H2,1-2H3,(H,23,24,28)/b25-18-. The molecule has 0 atom stereocenters. The summed E-state index contributed by atoms with van der Waals surface area (Å²) in [4.78, 5) is 37.7. The highest BCUT2D eigenvalue weighted by atomic mass is 35.5. The number of ether oxygens (including phenoxy) is 1. The number of piperazine rings is 1. The Labute approximate surface area is 199 Å². The Kier molecular flexibility index (Phi) is 8.68. The number of rotatable bonds is 8. The van der Waals surface area contributed by atoms with Crippen LogP contribution in [0, 0.1) is 0 Å². The maximum atomic E-state index is 12.5. The highest BCUT2D eigenvalue weighted by Crippen LogP contribution is 2.32. The predicted octanol–water partition coefficient (Wildman–Crippen LogP) is 3.12. The zero-order valence-corrected chi connectivity index (χ0v) is 20.0. The second-order valence-corrected chi connectivity index (χ2v) is 8.41. The van der Waals surface area contributed by atoms with Crippen LogP contribution in [0.25, 0.3) is 0 Å². The summed E-state index contributed by atoms with van der Waals surface area (Å²) in [6.45, 7) is 4.98. The monoisotopic (exact) mass is 499 g/mol. The van der Waals surface area contributed by atoms with Crippen LogP contribution in [-0.4, -0.2) is 73.9 Å². The minimum atomic E-state index is -0.643.